The number of aliphatic hydroxyl groups is 1. The van der Waals surface area contributed by atoms with E-state index in [0.29, 0.717) is 49.3 Å². The molecule has 1 aliphatic rings. The van der Waals surface area contributed by atoms with Crippen LogP contribution in [-0.4, -0.2) is 63.0 Å². The number of morpholine rings is 1. The maximum Gasteiger partial charge on any atom is 0.191 e. The molecule has 1 saturated heterocycles. The summed E-state index contributed by atoms with van der Waals surface area (Å²) < 4.78 is 15.7. The maximum atomic E-state index is 10.4. The van der Waals surface area contributed by atoms with Gasteiger partial charge in [-0.3, -0.25) is 4.99 Å². The fourth-order valence-electron chi connectivity index (χ4n) is 2.27. The number of nitrogens with zero attached hydrogens (tertiary/aromatic N) is 2. The van der Waals surface area contributed by atoms with E-state index < -0.39 is 6.10 Å². The fourth-order valence-corrected chi connectivity index (χ4v) is 2.27. The summed E-state index contributed by atoms with van der Waals surface area (Å²) in [6.07, 6.45) is -0.815. The third-order valence-electron chi connectivity index (χ3n) is 3.56. The summed E-state index contributed by atoms with van der Waals surface area (Å²) >= 11 is 0. The second kappa shape index (κ2) is 9.78. The van der Waals surface area contributed by atoms with Crippen molar-refractivity contribution in [2.75, 3.05) is 47.1 Å². The zero-order valence-corrected chi connectivity index (χ0v) is 15.7. The molecule has 1 aromatic rings. The first-order valence-corrected chi connectivity index (χ1v) is 7.18. The van der Waals surface area contributed by atoms with Gasteiger partial charge in [-0.1, -0.05) is 0 Å². The Morgan fingerprint density at radius 3 is 2.65 bits per heavy atom. The smallest absolute Gasteiger partial charge is 0.191 e. The highest BCUT2D eigenvalue weighted by Crippen LogP contribution is 2.29. The van der Waals surface area contributed by atoms with E-state index in [-0.39, 0.29) is 30.5 Å². The number of nitrogens with two attached hydrogens (primary N) is 1. The average Bonchev–Trinajstić information content (AvgIpc) is 2.59. The molecule has 0 aliphatic carbocycles. The number of ether oxygens (including phenoxy) is 3. The molecule has 1 fully saturated rings. The summed E-state index contributed by atoms with van der Waals surface area (Å²) in [6, 6.07) is 5.27. The first kappa shape index (κ1) is 19.8. The molecule has 1 aliphatic heterocycles. The quantitative estimate of drug-likeness (QED) is 0.406. The predicted molar refractivity (Wildman–Crippen MR) is 98.8 cm³/mol. The van der Waals surface area contributed by atoms with Gasteiger partial charge in [0, 0.05) is 18.7 Å². The predicted octanol–water partition coefficient (Wildman–Crippen LogP) is 1.00. The molecule has 1 heterocycles. The van der Waals surface area contributed by atoms with Crippen molar-refractivity contribution < 1.29 is 19.3 Å². The Balaban J connectivity index is 0.00000264. The first-order valence-electron chi connectivity index (χ1n) is 7.18. The van der Waals surface area contributed by atoms with Crippen LogP contribution in [0.15, 0.2) is 23.2 Å². The van der Waals surface area contributed by atoms with Gasteiger partial charge in [0.25, 0.3) is 0 Å². The van der Waals surface area contributed by atoms with Crippen LogP contribution in [-0.2, 0) is 4.74 Å². The number of benzene rings is 1. The molecule has 2 rings (SSSR count). The van der Waals surface area contributed by atoms with Crippen LogP contribution in [0.1, 0.15) is 11.7 Å². The summed E-state index contributed by atoms with van der Waals surface area (Å²) in [4.78, 5) is 6.22. The molecule has 1 aromatic carbocycles. The molecule has 0 aromatic heterocycles. The molecule has 0 saturated carbocycles. The topological polar surface area (TPSA) is 89.5 Å². The normalized spacial score (nSPS) is 16.5. The molecule has 0 bridgehead atoms. The summed E-state index contributed by atoms with van der Waals surface area (Å²) in [5.41, 5.74) is 6.58. The lowest BCUT2D eigenvalue weighted by Crippen LogP contribution is -2.45. The van der Waals surface area contributed by atoms with Crippen LogP contribution < -0.4 is 15.2 Å². The van der Waals surface area contributed by atoms with Crippen LogP contribution in [0.2, 0.25) is 0 Å². The second-order valence-electron chi connectivity index (χ2n) is 4.92. The molecule has 1 atom stereocenters. The number of halogens is 1. The number of aliphatic hydroxyl groups excluding tert-OH is 1. The van der Waals surface area contributed by atoms with Crippen molar-refractivity contribution in [2.45, 2.75) is 6.10 Å². The molecule has 23 heavy (non-hydrogen) atoms. The van der Waals surface area contributed by atoms with Gasteiger partial charge < -0.3 is 30.0 Å². The third kappa shape index (κ3) is 5.40. The number of aliphatic imine (C=N–C) groups is 1. The molecular weight excluding hydrogens is 413 g/mol. The Hall–Kier alpha value is -1.26. The SMILES string of the molecule is COc1ccc(OC)c(C(O)CN=C(N)N2CCOCC2)c1.I. The highest BCUT2D eigenvalue weighted by atomic mass is 127. The van der Waals surface area contributed by atoms with Crippen molar-refractivity contribution >= 4 is 29.9 Å². The van der Waals surface area contributed by atoms with E-state index in [9.17, 15) is 5.11 Å². The van der Waals surface area contributed by atoms with Gasteiger partial charge in [-0.15, -0.1) is 24.0 Å². The van der Waals surface area contributed by atoms with Crippen LogP contribution in [0.4, 0.5) is 0 Å². The number of rotatable bonds is 5. The summed E-state index contributed by atoms with van der Waals surface area (Å²) in [7, 11) is 3.13. The Bertz CT molecular complexity index is 521. The summed E-state index contributed by atoms with van der Waals surface area (Å²) in [5, 5.41) is 10.4. The molecule has 8 heteroatoms. The average molecular weight is 437 g/mol. The van der Waals surface area contributed by atoms with Crippen molar-refractivity contribution in [3.8, 4) is 11.5 Å². The van der Waals surface area contributed by atoms with E-state index in [2.05, 4.69) is 4.99 Å². The van der Waals surface area contributed by atoms with Gasteiger partial charge >= 0.3 is 0 Å². The number of hydrogen-bond donors (Lipinski definition) is 2. The highest BCUT2D eigenvalue weighted by molar-refractivity contribution is 14.0. The molecule has 3 N–H and O–H groups in total. The lowest BCUT2D eigenvalue weighted by molar-refractivity contribution is 0.0672. The van der Waals surface area contributed by atoms with E-state index in [1.807, 2.05) is 4.90 Å². The lowest BCUT2D eigenvalue weighted by atomic mass is 10.1. The summed E-state index contributed by atoms with van der Waals surface area (Å²) in [5.74, 6) is 1.66. The van der Waals surface area contributed by atoms with E-state index in [1.54, 1.807) is 32.4 Å². The molecule has 7 nitrogen and oxygen atoms in total. The standard InChI is InChI=1S/C15H23N3O4.HI/c1-20-11-3-4-14(21-2)12(9-11)13(19)10-17-15(16)18-5-7-22-8-6-18;/h3-4,9,13,19H,5-8,10H2,1-2H3,(H2,16,17);1H. The Labute approximate surface area is 153 Å². The molecule has 0 spiro atoms. The van der Waals surface area contributed by atoms with Crippen molar-refractivity contribution in [3.05, 3.63) is 23.8 Å². The van der Waals surface area contributed by atoms with Gasteiger partial charge in [-0.2, -0.15) is 0 Å². The number of guanidine groups is 1. The Kier molecular flexibility index (Phi) is 8.42. The third-order valence-corrected chi connectivity index (χ3v) is 3.56. The minimum atomic E-state index is -0.815. The van der Waals surface area contributed by atoms with Crippen LogP contribution in [0, 0.1) is 0 Å². The van der Waals surface area contributed by atoms with Gasteiger partial charge in [0.05, 0.1) is 34.0 Å². The van der Waals surface area contributed by atoms with Crippen LogP contribution >= 0.6 is 24.0 Å². The molecule has 0 radical (unpaired) electrons. The largest absolute Gasteiger partial charge is 0.497 e. The minimum absolute atomic E-state index is 0. The van der Waals surface area contributed by atoms with E-state index in [1.165, 1.54) is 0 Å². The van der Waals surface area contributed by atoms with Crippen molar-refractivity contribution in [1.29, 1.82) is 0 Å². The zero-order valence-electron chi connectivity index (χ0n) is 13.4. The Morgan fingerprint density at radius 2 is 2.04 bits per heavy atom. The van der Waals surface area contributed by atoms with Gasteiger partial charge in [-0.05, 0) is 18.2 Å². The maximum absolute atomic E-state index is 10.4. The first-order chi connectivity index (χ1) is 10.7. The van der Waals surface area contributed by atoms with Gasteiger partial charge in [0.2, 0.25) is 0 Å². The highest BCUT2D eigenvalue weighted by Gasteiger charge is 2.16. The van der Waals surface area contributed by atoms with Crippen LogP contribution in [0.3, 0.4) is 0 Å². The molecule has 130 valence electrons. The van der Waals surface area contributed by atoms with Crippen LogP contribution in [0.25, 0.3) is 0 Å². The van der Waals surface area contributed by atoms with E-state index >= 15 is 0 Å². The molecular formula is C15H24IN3O4. The Morgan fingerprint density at radius 1 is 1.35 bits per heavy atom. The van der Waals surface area contributed by atoms with Gasteiger partial charge in [0.1, 0.15) is 17.6 Å². The molecule has 0 amide bonds. The van der Waals surface area contributed by atoms with Crippen molar-refractivity contribution in [2.24, 2.45) is 10.7 Å². The fraction of sp³-hybridized carbons (Fsp3) is 0.533. The van der Waals surface area contributed by atoms with Crippen molar-refractivity contribution in [1.82, 2.24) is 4.90 Å². The zero-order chi connectivity index (χ0) is 15.9. The lowest BCUT2D eigenvalue weighted by Gasteiger charge is -2.27. The number of hydrogen-bond acceptors (Lipinski definition) is 5. The van der Waals surface area contributed by atoms with E-state index in [0.717, 1.165) is 0 Å². The summed E-state index contributed by atoms with van der Waals surface area (Å²) in [6.45, 7) is 2.87. The molecule has 1 unspecified atom stereocenters. The van der Waals surface area contributed by atoms with E-state index in [4.69, 9.17) is 19.9 Å². The monoisotopic (exact) mass is 437 g/mol. The van der Waals surface area contributed by atoms with Gasteiger partial charge in [0.15, 0.2) is 5.96 Å². The van der Waals surface area contributed by atoms with Crippen LogP contribution in [0.5, 0.6) is 11.5 Å². The minimum Gasteiger partial charge on any atom is -0.497 e. The van der Waals surface area contributed by atoms with Gasteiger partial charge in [-0.25, -0.2) is 0 Å². The number of methoxy groups -OCH3 is 2. The van der Waals surface area contributed by atoms with Crippen molar-refractivity contribution in [3.63, 3.8) is 0 Å². The second-order valence-corrected chi connectivity index (χ2v) is 4.92.